The molecule has 4 nitrogen and oxygen atoms in total. The lowest BCUT2D eigenvalue weighted by atomic mass is 10.1. The number of carbonyl (C=O) groups is 2. The fourth-order valence-corrected chi connectivity index (χ4v) is 2.22. The van der Waals surface area contributed by atoms with Crippen molar-refractivity contribution < 1.29 is 19.1 Å². The Labute approximate surface area is 121 Å². The third-order valence-electron chi connectivity index (χ3n) is 2.86. The minimum atomic E-state index is -1.06. The summed E-state index contributed by atoms with van der Waals surface area (Å²) in [5, 5.41) is 11.5. The molecule has 0 aliphatic carbocycles. The zero-order chi connectivity index (χ0) is 15.1. The van der Waals surface area contributed by atoms with E-state index in [-0.39, 0.29) is 5.56 Å². The van der Waals surface area contributed by atoms with Gasteiger partial charge in [0.15, 0.2) is 0 Å². The fourth-order valence-electron chi connectivity index (χ4n) is 1.71. The average molecular weight is 299 g/mol. The van der Waals surface area contributed by atoms with E-state index >= 15 is 0 Å². The van der Waals surface area contributed by atoms with Crippen LogP contribution in [-0.2, 0) is 4.79 Å². The number of halogens is 1. The van der Waals surface area contributed by atoms with Gasteiger partial charge in [-0.15, -0.1) is 11.8 Å². The number of hydrogen-bond acceptors (Lipinski definition) is 3. The van der Waals surface area contributed by atoms with E-state index in [4.69, 9.17) is 5.11 Å². The van der Waals surface area contributed by atoms with Crippen LogP contribution in [0.1, 0.15) is 36.5 Å². The molecule has 1 aromatic rings. The van der Waals surface area contributed by atoms with Gasteiger partial charge < -0.3 is 10.4 Å². The Bertz CT molecular complexity index is 493. The van der Waals surface area contributed by atoms with Crippen molar-refractivity contribution in [3.05, 3.63) is 29.6 Å². The number of aliphatic carboxylic acids is 1. The molecule has 0 saturated heterocycles. The molecule has 1 atom stereocenters. The molecule has 0 aliphatic heterocycles. The second-order valence-corrected chi connectivity index (χ2v) is 5.20. The lowest BCUT2D eigenvalue weighted by molar-refractivity contribution is -0.139. The van der Waals surface area contributed by atoms with Gasteiger partial charge in [-0.2, -0.15) is 0 Å². The molecule has 1 aromatic carbocycles. The number of thioether (sulfide) groups is 1. The summed E-state index contributed by atoms with van der Waals surface area (Å²) >= 11 is 1.19. The van der Waals surface area contributed by atoms with Gasteiger partial charge in [-0.3, -0.25) is 4.79 Å². The van der Waals surface area contributed by atoms with Gasteiger partial charge in [0, 0.05) is 10.5 Å². The highest BCUT2D eigenvalue weighted by atomic mass is 32.2. The standard InChI is InChI=1S/C14H18FNO3S/c1-3-4-5-11(14(18)19)16-13(17)9-6-7-10(15)12(8-9)20-2/h6-8,11H,3-5H2,1-2H3,(H,16,17)(H,18,19)/t11-/m0/s1. The molecule has 0 aliphatic rings. The van der Waals surface area contributed by atoms with E-state index in [0.29, 0.717) is 11.3 Å². The van der Waals surface area contributed by atoms with E-state index in [1.54, 1.807) is 6.26 Å². The van der Waals surface area contributed by atoms with Gasteiger partial charge in [0.1, 0.15) is 11.9 Å². The second kappa shape index (κ2) is 7.89. The number of rotatable bonds is 7. The molecule has 0 spiro atoms. The van der Waals surface area contributed by atoms with Crippen LogP contribution in [0.2, 0.25) is 0 Å². The highest BCUT2D eigenvalue weighted by Crippen LogP contribution is 2.20. The molecule has 110 valence electrons. The van der Waals surface area contributed by atoms with Crippen LogP contribution < -0.4 is 5.32 Å². The molecule has 0 heterocycles. The summed E-state index contributed by atoms with van der Waals surface area (Å²) in [7, 11) is 0. The van der Waals surface area contributed by atoms with Crippen LogP contribution in [0.15, 0.2) is 23.1 Å². The molecule has 2 N–H and O–H groups in total. The van der Waals surface area contributed by atoms with Crippen LogP contribution in [0.5, 0.6) is 0 Å². The molecule has 0 bridgehead atoms. The van der Waals surface area contributed by atoms with Crippen LogP contribution in [0.25, 0.3) is 0 Å². The Morgan fingerprint density at radius 3 is 2.70 bits per heavy atom. The lowest BCUT2D eigenvalue weighted by Crippen LogP contribution is -2.40. The summed E-state index contributed by atoms with van der Waals surface area (Å²) in [6.07, 6.45) is 3.67. The first-order valence-electron chi connectivity index (χ1n) is 6.36. The van der Waals surface area contributed by atoms with Gasteiger partial charge in [0.2, 0.25) is 0 Å². The maximum Gasteiger partial charge on any atom is 0.326 e. The summed E-state index contributed by atoms with van der Waals surface area (Å²) in [6, 6.07) is 3.07. The average Bonchev–Trinajstić information content (AvgIpc) is 2.43. The molecular weight excluding hydrogens is 281 g/mol. The minimum Gasteiger partial charge on any atom is -0.480 e. The SMILES string of the molecule is CCCC[C@H](NC(=O)c1ccc(F)c(SC)c1)C(=O)O. The lowest BCUT2D eigenvalue weighted by Gasteiger charge is -2.14. The third-order valence-corrected chi connectivity index (χ3v) is 3.62. The maximum atomic E-state index is 13.3. The number of unbranched alkanes of at least 4 members (excludes halogenated alkanes) is 1. The Kier molecular flexibility index (Phi) is 6.51. The highest BCUT2D eigenvalue weighted by molar-refractivity contribution is 7.98. The quantitative estimate of drug-likeness (QED) is 0.760. The highest BCUT2D eigenvalue weighted by Gasteiger charge is 2.20. The van der Waals surface area contributed by atoms with Crippen LogP contribution >= 0.6 is 11.8 Å². The van der Waals surface area contributed by atoms with Crippen LogP contribution in [-0.4, -0.2) is 29.3 Å². The molecule has 0 saturated carbocycles. The maximum absolute atomic E-state index is 13.3. The van der Waals surface area contributed by atoms with E-state index in [1.165, 1.54) is 30.0 Å². The van der Waals surface area contributed by atoms with Gasteiger partial charge in [-0.25, -0.2) is 9.18 Å². The molecule has 1 amide bonds. The van der Waals surface area contributed by atoms with Gasteiger partial charge in [-0.05, 0) is 30.9 Å². The molecule has 0 fully saturated rings. The van der Waals surface area contributed by atoms with Crippen molar-refractivity contribution >= 4 is 23.6 Å². The van der Waals surface area contributed by atoms with Gasteiger partial charge in [0.25, 0.3) is 5.91 Å². The summed E-state index contributed by atoms with van der Waals surface area (Å²) < 4.78 is 13.3. The van der Waals surface area contributed by atoms with Gasteiger partial charge in [0.05, 0.1) is 0 Å². The van der Waals surface area contributed by atoms with E-state index < -0.39 is 23.7 Å². The van der Waals surface area contributed by atoms with Crippen molar-refractivity contribution in [2.75, 3.05) is 6.26 Å². The molecule has 0 unspecified atom stereocenters. The predicted molar refractivity (Wildman–Crippen MR) is 76.6 cm³/mol. The number of hydrogen-bond donors (Lipinski definition) is 2. The zero-order valence-electron chi connectivity index (χ0n) is 11.5. The first kappa shape index (κ1) is 16.5. The van der Waals surface area contributed by atoms with E-state index in [0.717, 1.165) is 12.8 Å². The zero-order valence-corrected chi connectivity index (χ0v) is 12.3. The Morgan fingerprint density at radius 2 is 2.15 bits per heavy atom. The van der Waals surface area contributed by atoms with E-state index in [1.807, 2.05) is 6.92 Å². The topological polar surface area (TPSA) is 66.4 Å². The third kappa shape index (κ3) is 4.52. The van der Waals surface area contributed by atoms with Crippen molar-refractivity contribution in [3.63, 3.8) is 0 Å². The first-order valence-corrected chi connectivity index (χ1v) is 7.59. The van der Waals surface area contributed by atoms with Crippen molar-refractivity contribution in [3.8, 4) is 0 Å². The summed E-state index contributed by atoms with van der Waals surface area (Å²) in [4.78, 5) is 23.4. The number of carboxylic acids is 1. The van der Waals surface area contributed by atoms with Crippen LogP contribution in [0.4, 0.5) is 4.39 Å². The second-order valence-electron chi connectivity index (χ2n) is 4.36. The first-order chi connectivity index (χ1) is 9.49. The van der Waals surface area contributed by atoms with Crippen molar-refractivity contribution in [1.82, 2.24) is 5.32 Å². The number of amides is 1. The Balaban J connectivity index is 2.80. The van der Waals surface area contributed by atoms with Crippen molar-refractivity contribution in [1.29, 1.82) is 0 Å². The molecule has 20 heavy (non-hydrogen) atoms. The number of benzene rings is 1. The van der Waals surface area contributed by atoms with E-state index in [9.17, 15) is 14.0 Å². The summed E-state index contributed by atoms with van der Waals surface area (Å²) in [5.41, 5.74) is 0.262. The van der Waals surface area contributed by atoms with Gasteiger partial charge in [-0.1, -0.05) is 19.8 Å². The van der Waals surface area contributed by atoms with Crippen LogP contribution in [0.3, 0.4) is 0 Å². The van der Waals surface area contributed by atoms with Crippen LogP contribution in [0, 0.1) is 5.82 Å². The number of carbonyl (C=O) groups excluding carboxylic acids is 1. The Morgan fingerprint density at radius 1 is 1.45 bits per heavy atom. The van der Waals surface area contributed by atoms with E-state index in [2.05, 4.69) is 5.32 Å². The predicted octanol–water partition coefficient (Wildman–Crippen LogP) is 2.92. The summed E-state index contributed by atoms with van der Waals surface area (Å²) in [5.74, 6) is -1.95. The molecule has 1 rings (SSSR count). The minimum absolute atomic E-state index is 0.262. The molecular formula is C14H18FNO3S. The molecule has 6 heteroatoms. The normalized spacial score (nSPS) is 11.9. The van der Waals surface area contributed by atoms with Gasteiger partial charge >= 0.3 is 5.97 Å². The number of nitrogens with one attached hydrogen (secondary N) is 1. The van der Waals surface area contributed by atoms with Crippen molar-refractivity contribution in [2.45, 2.75) is 37.1 Å². The smallest absolute Gasteiger partial charge is 0.326 e. The monoisotopic (exact) mass is 299 g/mol. The summed E-state index contributed by atoms with van der Waals surface area (Å²) in [6.45, 7) is 1.95. The largest absolute Gasteiger partial charge is 0.480 e. The number of carboxylic acid groups (broad SMARTS) is 1. The fraction of sp³-hybridized carbons (Fsp3) is 0.429. The van der Waals surface area contributed by atoms with Crippen molar-refractivity contribution in [2.24, 2.45) is 0 Å². The molecule has 0 aromatic heterocycles. The molecule has 0 radical (unpaired) electrons. The Hall–Kier alpha value is -1.56.